The predicted molar refractivity (Wildman–Crippen MR) is 89.5 cm³/mol. The third kappa shape index (κ3) is 4.04. The number of piperidine rings is 1. The smallest absolute Gasteiger partial charge is 0.317 e. The monoisotopic (exact) mass is 334 g/mol. The number of hydrogen-bond acceptors (Lipinski definition) is 4. The normalized spacial score (nSPS) is 21.7. The summed E-state index contributed by atoms with van der Waals surface area (Å²) in [6.45, 7) is 3.13. The van der Waals surface area contributed by atoms with E-state index in [0.29, 0.717) is 25.1 Å². The van der Waals surface area contributed by atoms with Gasteiger partial charge in [-0.1, -0.05) is 19.8 Å². The van der Waals surface area contributed by atoms with E-state index in [2.05, 4.69) is 25.8 Å². The number of carbonyl (C=O) groups excluding carboxylic acids is 2. The molecule has 8 heteroatoms. The second kappa shape index (κ2) is 7.63. The molecule has 1 aliphatic heterocycles. The fourth-order valence-electron chi connectivity index (χ4n) is 3.43. The minimum absolute atomic E-state index is 0.0365. The summed E-state index contributed by atoms with van der Waals surface area (Å²) in [7, 11) is 0. The van der Waals surface area contributed by atoms with Crippen molar-refractivity contribution in [2.24, 2.45) is 5.92 Å². The van der Waals surface area contributed by atoms with Gasteiger partial charge < -0.3 is 10.2 Å². The largest absolute Gasteiger partial charge is 0.335 e. The van der Waals surface area contributed by atoms with Crippen LogP contribution in [0.25, 0.3) is 0 Å². The number of carbonyl (C=O) groups is 2. The van der Waals surface area contributed by atoms with Gasteiger partial charge in [-0.25, -0.2) is 4.79 Å². The van der Waals surface area contributed by atoms with E-state index in [1.54, 1.807) is 4.90 Å². The van der Waals surface area contributed by atoms with Gasteiger partial charge in [0.2, 0.25) is 11.9 Å². The molecule has 2 fully saturated rings. The number of aromatic amines is 1. The fourth-order valence-corrected chi connectivity index (χ4v) is 3.43. The Morgan fingerprint density at radius 3 is 2.75 bits per heavy atom. The van der Waals surface area contributed by atoms with Crippen molar-refractivity contribution in [3.8, 4) is 0 Å². The van der Waals surface area contributed by atoms with E-state index in [-0.39, 0.29) is 17.9 Å². The molecular weight excluding hydrogens is 308 g/mol. The van der Waals surface area contributed by atoms with E-state index in [1.807, 2.05) is 6.92 Å². The number of likely N-dealkylation sites (tertiary alicyclic amines) is 1. The predicted octanol–water partition coefficient (Wildman–Crippen LogP) is 1.67. The van der Waals surface area contributed by atoms with Crippen LogP contribution in [0.2, 0.25) is 0 Å². The molecule has 2 heterocycles. The molecule has 1 aromatic rings. The van der Waals surface area contributed by atoms with Gasteiger partial charge in [0, 0.05) is 25.6 Å². The lowest BCUT2D eigenvalue weighted by Gasteiger charge is -2.32. The third-order valence-corrected chi connectivity index (χ3v) is 4.86. The van der Waals surface area contributed by atoms with Crippen LogP contribution in [0.3, 0.4) is 0 Å². The number of H-pyrrole nitrogens is 1. The maximum absolute atomic E-state index is 12.4. The molecule has 1 aromatic heterocycles. The number of hydrogen-bond donors (Lipinski definition) is 3. The van der Waals surface area contributed by atoms with Crippen molar-refractivity contribution < 1.29 is 9.59 Å². The lowest BCUT2D eigenvalue weighted by molar-refractivity contribution is -0.121. The van der Waals surface area contributed by atoms with Crippen molar-refractivity contribution in [3.63, 3.8) is 0 Å². The number of nitrogens with zero attached hydrogens (tertiary/aromatic N) is 3. The summed E-state index contributed by atoms with van der Waals surface area (Å²) in [5.74, 6) is 0.725. The number of anilines is 1. The van der Waals surface area contributed by atoms with Gasteiger partial charge >= 0.3 is 6.03 Å². The molecule has 3 rings (SSSR count). The van der Waals surface area contributed by atoms with Crippen LogP contribution in [0, 0.1) is 5.92 Å². The third-order valence-electron chi connectivity index (χ3n) is 4.86. The van der Waals surface area contributed by atoms with Gasteiger partial charge in [-0.2, -0.15) is 4.98 Å². The lowest BCUT2D eigenvalue weighted by Crippen LogP contribution is -2.49. The molecule has 3 amide bonds. The molecule has 0 spiro atoms. The van der Waals surface area contributed by atoms with Crippen LogP contribution in [0.15, 0.2) is 0 Å². The summed E-state index contributed by atoms with van der Waals surface area (Å²) in [4.78, 5) is 30.8. The van der Waals surface area contributed by atoms with Crippen molar-refractivity contribution in [1.82, 2.24) is 25.4 Å². The number of aryl methyl sites for hydroxylation is 1. The molecule has 132 valence electrons. The maximum Gasteiger partial charge on any atom is 0.317 e. The summed E-state index contributed by atoms with van der Waals surface area (Å²) in [5.41, 5.74) is 0. The van der Waals surface area contributed by atoms with Crippen molar-refractivity contribution in [3.05, 3.63) is 5.82 Å². The van der Waals surface area contributed by atoms with E-state index >= 15 is 0 Å². The Labute approximate surface area is 141 Å². The first-order valence-electron chi connectivity index (χ1n) is 8.93. The highest BCUT2D eigenvalue weighted by Crippen LogP contribution is 2.21. The molecular formula is C16H26N6O2. The van der Waals surface area contributed by atoms with E-state index in [0.717, 1.165) is 37.9 Å². The van der Waals surface area contributed by atoms with Crippen LogP contribution >= 0.6 is 0 Å². The average Bonchev–Trinajstić information content (AvgIpc) is 3.26. The van der Waals surface area contributed by atoms with Gasteiger partial charge in [0.1, 0.15) is 5.82 Å². The minimum Gasteiger partial charge on any atom is -0.335 e. The molecule has 1 atom stereocenters. The SMILES string of the molecule is CCc1nc(NC(=O)[C@H]2CCCN(C(=O)NC3CCCC3)C2)n[nH]1. The number of amides is 3. The molecule has 3 N–H and O–H groups in total. The molecule has 0 aromatic carbocycles. The molecule has 2 aliphatic rings. The molecule has 1 saturated heterocycles. The first-order chi connectivity index (χ1) is 11.7. The summed E-state index contributed by atoms with van der Waals surface area (Å²) in [6, 6.07) is 0.262. The molecule has 0 radical (unpaired) electrons. The standard InChI is InChI=1S/C16H26N6O2/c1-2-13-18-15(21-20-13)19-14(23)11-6-5-9-22(10-11)16(24)17-12-7-3-4-8-12/h11-12H,2-10H2,1H3,(H,17,24)(H2,18,19,20,21,23)/t11-/m0/s1. The van der Waals surface area contributed by atoms with Gasteiger partial charge in [-0.3, -0.25) is 15.2 Å². The minimum atomic E-state index is -0.211. The molecule has 0 unspecified atom stereocenters. The zero-order valence-corrected chi connectivity index (χ0v) is 14.2. The molecule has 8 nitrogen and oxygen atoms in total. The van der Waals surface area contributed by atoms with E-state index in [9.17, 15) is 9.59 Å². The van der Waals surface area contributed by atoms with Crippen LogP contribution < -0.4 is 10.6 Å². The first kappa shape index (κ1) is 16.7. The van der Waals surface area contributed by atoms with Gasteiger partial charge in [0.25, 0.3) is 0 Å². The Bertz CT molecular complexity index is 581. The Hall–Kier alpha value is -2.12. The van der Waals surface area contributed by atoms with Crippen molar-refractivity contribution in [2.75, 3.05) is 18.4 Å². The second-order valence-corrected chi connectivity index (χ2v) is 6.66. The lowest BCUT2D eigenvalue weighted by atomic mass is 9.97. The van der Waals surface area contributed by atoms with E-state index in [1.165, 1.54) is 12.8 Å². The van der Waals surface area contributed by atoms with Crippen LogP contribution in [0.4, 0.5) is 10.7 Å². The number of rotatable bonds is 4. The highest BCUT2D eigenvalue weighted by molar-refractivity contribution is 5.91. The summed E-state index contributed by atoms with van der Waals surface area (Å²) < 4.78 is 0. The topological polar surface area (TPSA) is 103 Å². The molecule has 24 heavy (non-hydrogen) atoms. The Morgan fingerprint density at radius 1 is 1.25 bits per heavy atom. The Morgan fingerprint density at radius 2 is 2.04 bits per heavy atom. The van der Waals surface area contributed by atoms with Gasteiger partial charge in [-0.05, 0) is 25.7 Å². The van der Waals surface area contributed by atoms with Crippen LogP contribution in [0.1, 0.15) is 51.3 Å². The highest BCUT2D eigenvalue weighted by Gasteiger charge is 2.30. The van der Waals surface area contributed by atoms with E-state index < -0.39 is 0 Å². The van der Waals surface area contributed by atoms with Crippen molar-refractivity contribution in [2.45, 2.75) is 57.9 Å². The average molecular weight is 334 g/mol. The van der Waals surface area contributed by atoms with Crippen LogP contribution in [0.5, 0.6) is 0 Å². The number of urea groups is 1. The number of aromatic nitrogens is 3. The Balaban J connectivity index is 1.52. The quantitative estimate of drug-likeness (QED) is 0.779. The second-order valence-electron chi connectivity index (χ2n) is 6.66. The highest BCUT2D eigenvalue weighted by atomic mass is 16.2. The zero-order valence-electron chi connectivity index (χ0n) is 14.2. The Kier molecular flexibility index (Phi) is 5.32. The van der Waals surface area contributed by atoms with E-state index in [4.69, 9.17) is 0 Å². The van der Waals surface area contributed by atoms with Crippen molar-refractivity contribution >= 4 is 17.9 Å². The zero-order chi connectivity index (χ0) is 16.9. The fraction of sp³-hybridized carbons (Fsp3) is 0.750. The van der Waals surface area contributed by atoms with Gasteiger partial charge in [-0.15, -0.1) is 5.10 Å². The molecule has 1 aliphatic carbocycles. The maximum atomic E-state index is 12.4. The number of nitrogens with one attached hydrogen (secondary N) is 3. The molecule has 1 saturated carbocycles. The van der Waals surface area contributed by atoms with Crippen molar-refractivity contribution in [1.29, 1.82) is 0 Å². The van der Waals surface area contributed by atoms with Gasteiger partial charge in [0.05, 0.1) is 5.92 Å². The first-order valence-corrected chi connectivity index (χ1v) is 8.93. The summed E-state index contributed by atoms with van der Waals surface area (Å²) in [6.07, 6.45) is 6.86. The summed E-state index contributed by atoms with van der Waals surface area (Å²) >= 11 is 0. The molecule has 0 bridgehead atoms. The van der Waals surface area contributed by atoms with Gasteiger partial charge in [0.15, 0.2) is 0 Å². The summed E-state index contributed by atoms with van der Waals surface area (Å²) in [5, 5.41) is 12.6. The van der Waals surface area contributed by atoms with Crippen LogP contribution in [-0.2, 0) is 11.2 Å². The van der Waals surface area contributed by atoms with Crippen LogP contribution in [-0.4, -0.2) is 51.2 Å².